The number of benzene rings is 1. The number of rotatable bonds is 7. The molecule has 0 saturated heterocycles. The van der Waals surface area contributed by atoms with Gasteiger partial charge in [0.05, 0.1) is 16.4 Å². The van der Waals surface area contributed by atoms with Crippen molar-refractivity contribution in [3.8, 4) is 0 Å². The van der Waals surface area contributed by atoms with Crippen molar-refractivity contribution in [1.29, 1.82) is 0 Å². The molecule has 1 rings (SSSR count). The Morgan fingerprint density at radius 1 is 1.15 bits per heavy atom. The summed E-state index contributed by atoms with van der Waals surface area (Å²) in [6.45, 7) is 1.59. The number of anilines is 1. The molecule has 0 atom stereocenters. The van der Waals surface area contributed by atoms with Crippen molar-refractivity contribution in [1.82, 2.24) is 0 Å². The molecule has 1 aromatic carbocycles. The first-order valence-electron chi connectivity index (χ1n) is 5.63. The van der Waals surface area contributed by atoms with Crippen LogP contribution in [0.3, 0.4) is 0 Å². The number of ether oxygens (including phenoxy) is 2. The van der Waals surface area contributed by atoms with Crippen molar-refractivity contribution in [2.24, 2.45) is 0 Å². The molecule has 1 aromatic rings. The van der Waals surface area contributed by atoms with Crippen LogP contribution in [0, 0.1) is 27.2 Å². The highest BCUT2D eigenvalue weighted by molar-refractivity contribution is 5.74. The largest absolute Gasteiger partial charge is 0.369 e. The van der Waals surface area contributed by atoms with E-state index in [1.165, 1.54) is 26.4 Å². The lowest BCUT2D eigenvalue weighted by molar-refractivity contribution is -0.392. The smallest absolute Gasteiger partial charge is 0.299 e. The van der Waals surface area contributed by atoms with E-state index in [0.717, 1.165) is 0 Å². The molecule has 0 saturated carbocycles. The fourth-order valence-electron chi connectivity index (χ4n) is 1.67. The van der Waals surface area contributed by atoms with E-state index in [9.17, 15) is 20.2 Å². The Balaban J connectivity index is 3.19. The van der Waals surface area contributed by atoms with Crippen LogP contribution in [0.5, 0.6) is 0 Å². The van der Waals surface area contributed by atoms with Crippen LogP contribution in [0.25, 0.3) is 0 Å². The minimum atomic E-state index is -0.671. The van der Waals surface area contributed by atoms with Crippen LogP contribution < -0.4 is 5.32 Å². The standard InChI is InChI=1S/C11H15N3O6/c1-7-4-8(13(15)16)11(9(5-7)14(17)18)12-6-10(19-2)20-3/h4-5,10,12H,6H2,1-3H3. The van der Waals surface area contributed by atoms with Crippen LogP contribution in [0.2, 0.25) is 0 Å². The van der Waals surface area contributed by atoms with Crippen LogP contribution in [0.4, 0.5) is 17.1 Å². The lowest BCUT2D eigenvalue weighted by Crippen LogP contribution is -2.24. The van der Waals surface area contributed by atoms with Crippen LogP contribution in [-0.2, 0) is 9.47 Å². The van der Waals surface area contributed by atoms with Crippen LogP contribution in [0.1, 0.15) is 5.56 Å². The fourth-order valence-corrected chi connectivity index (χ4v) is 1.67. The zero-order valence-electron chi connectivity index (χ0n) is 11.3. The van der Waals surface area contributed by atoms with Crippen molar-refractivity contribution < 1.29 is 19.3 Å². The molecule has 0 aliphatic rings. The van der Waals surface area contributed by atoms with Crippen molar-refractivity contribution in [3.05, 3.63) is 37.9 Å². The maximum Gasteiger partial charge on any atom is 0.299 e. The molecule has 20 heavy (non-hydrogen) atoms. The first-order valence-corrected chi connectivity index (χ1v) is 5.63. The molecule has 0 bridgehead atoms. The molecule has 0 aromatic heterocycles. The first kappa shape index (κ1) is 15.8. The van der Waals surface area contributed by atoms with Crippen molar-refractivity contribution in [2.75, 3.05) is 26.1 Å². The van der Waals surface area contributed by atoms with Crippen LogP contribution >= 0.6 is 0 Å². The number of hydrogen-bond acceptors (Lipinski definition) is 7. The average molecular weight is 285 g/mol. The topological polar surface area (TPSA) is 117 Å². The maximum absolute atomic E-state index is 11.0. The lowest BCUT2D eigenvalue weighted by atomic mass is 10.1. The van der Waals surface area contributed by atoms with Crippen molar-refractivity contribution in [2.45, 2.75) is 13.2 Å². The molecule has 0 aliphatic carbocycles. The number of hydrogen-bond donors (Lipinski definition) is 1. The summed E-state index contributed by atoms with van der Waals surface area (Å²) in [4.78, 5) is 20.7. The summed E-state index contributed by atoms with van der Waals surface area (Å²) in [6, 6.07) is 2.54. The quantitative estimate of drug-likeness (QED) is 0.461. The van der Waals surface area contributed by atoms with E-state index in [-0.39, 0.29) is 23.6 Å². The molecule has 0 radical (unpaired) electrons. The molecule has 9 heteroatoms. The van der Waals surface area contributed by atoms with Gasteiger partial charge in [-0.1, -0.05) is 0 Å². The summed E-state index contributed by atoms with van der Waals surface area (Å²) in [5, 5.41) is 24.7. The first-order chi connectivity index (χ1) is 9.40. The SMILES string of the molecule is COC(CNc1c([N+](=O)[O-])cc(C)cc1[N+](=O)[O-])OC. The second kappa shape index (κ2) is 6.78. The Morgan fingerprint density at radius 3 is 1.95 bits per heavy atom. The minimum absolute atomic E-state index is 0.0394. The predicted molar refractivity (Wildman–Crippen MR) is 70.8 cm³/mol. The number of nitro groups is 2. The molecule has 0 unspecified atom stereocenters. The molecule has 0 amide bonds. The van der Waals surface area contributed by atoms with Crippen LogP contribution in [-0.4, -0.2) is 36.9 Å². The van der Waals surface area contributed by atoms with Gasteiger partial charge >= 0.3 is 0 Å². The average Bonchev–Trinajstić information content (AvgIpc) is 2.40. The van der Waals surface area contributed by atoms with E-state index >= 15 is 0 Å². The monoisotopic (exact) mass is 285 g/mol. The summed E-state index contributed by atoms with van der Waals surface area (Å²) >= 11 is 0. The van der Waals surface area contributed by atoms with Gasteiger partial charge in [0, 0.05) is 26.4 Å². The number of nitrogens with zero attached hydrogens (tertiary/aromatic N) is 2. The summed E-state index contributed by atoms with van der Waals surface area (Å²) < 4.78 is 9.84. The minimum Gasteiger partial charge on any atom is -0.369 e. The number of aryl methyl sites for hydroxylation is 1. The van der Waals surface area contributed by atoms with E-state index in [1.54, 1.807) is 6.92 Å². The van der Waals surface area contributed by atoms with Gasteiger partial charge in [0.15, 0.2) is 12.0 Å². The number of methoxy groups -OCH3 is 2. The molecular weight excluding hydrogens is 270 g/mol. The normalized spacial score (nSPS) is 10.6. The Hall–Kier alpha value is -2.26. The Kier molecular flexibility index (Phi) is 5.35. The van der Waals surface area contributed by atoms with Gasteiger partial charge in [-0.25, -0.2) is 0 Å². The van der Waals surface area contributed by atoms with Crippen molar-refractivity contribution >= 4 is 17.1 Å². The maximum atomic E-state index is 11.0. The fraction of sp³-hybridized carbons (Fsp3) is 0.455. The molecular formula is C11H15N3O6. The Morgan fingerprint density at radius 2 is 1.60 bits per heavy atom. The third kappa shape index (κ3) is 3.62. The third-order valence-electron chi connectivity index (χ3n) is 2.61. The summed E-state index contributed by atoms with van der Waals surface area (Å²) in [5.74, 6) is 0. The van der Waals surface area contributed by atoms with E-state index in [1.807, 2.05) is 0 Å². The van der Waals surface area contributed by atoms with Gasteiger partial charge in [0.25, 0.3) is 11.4 Å². The second-order valence-corrected chi connectivity index (χ2v) is 3.97. The summed E-state index contributed by atoms with van der Waals surface area (Å²) in [5.41, 5.74) is -0.445. The highest BCUT2D eigenvalue weighted by Crippen LogP contribution is 2.35. The van der Waals surface area contributed by atoms with E-state index in [0.29, 0.717) is 5.56 Å². The molecule has 0 spiro atoms. The van der Waals surface area contributed by atoms with E-state index in [4.69, 9.17) is 9.47 Å². The number of nitrogens with one attached hydrogen (secondary N) is 1. The van der Waals surface area contributed by atoms with Gasteiger partial charge in [-0.15, -0.1) is 0 Å². The zero-order valence-corrected chi connectivity index (χ0v) is 11.3. The molecule has 110 valence electrons. The third-order valence-corrected chi connectivity index (χ3v) is 2.61. The Bertz CT molecular complexity index is 480. The van der Waals surface area contributed by atoms with Gasteiger partial charge in [-0.2, -0.15) is 0 Å². The van der Waals surface area contributed by atoms with Gasteiger partial charge in [-0.3, -0.25) is 20.2 Å². The van der Waals surface area contributed by atoms with Gasteiger partial charge in [-0.05, 0) is 12.5 Å². The molecule has 1 N–H and O–H groups in total. The van der Waals surface area contributed by atoms with Crippen LogP contribution in [0.15, 0.2) is 12.1 Å². The summed E-state index contributed by atoms with van der Waals surface area (Å²) in [7, 11) is 2.79. The van der Waals surface area contributed by atoms with Gasteiger partial charge in [0.1, 0.15) is 0 Å². The highest BCUT2D eigenvalue weighted by Gasteiger charge is 2.26. The zero-order chi connectivity index (χ0) is 15.3. The Labute approximate surface area is 114 Å². The van der Waals surface area contributed by atoms with Gasteiger partial charge < -0.3 is 14.8 Å². The van der Waals surface area contributed by atoms with E-state index < -0.39 is 16.1 Å². The molecule has 9 nitrogen and oxygen atoms in total. The van der Waals surface area contributed by atoms with Gasteiger partial charge in [0.2, 0.25) is 0 Å². The highest BCUT2D eigenvalue weighted by atomic mass is 16.7. The lowest BCUT2D eigenvalue weighted by Gasteiger charge is -2.15. The molecule has 0 aliphatic heterocycles. The predicted octanol–water partition coefficient (Wildman–Crippen LogP) is 1.84. The second-order valence-electron chi connectivity index (χ2n) is 3.97. The molecule has 0 heterocycles. The summed E-state index contributed by atoms with van der Waals surface area (Å²) in [6.07, 6.45) is -0.671. The van der Waals surface area contributed by atoms with Crippen molar-refractivity contribution in [3.63, 3.8) is 0 Å². The molecule has 0 fully saturated rings. The van der Waals surface area contributed by atoms with E-state index in [2.05, 4.69) is 5.32 Å². The number of nitro benzene ring substituents is 2.